The number of thioether (sulfide) groups is 1. The van der Waals surface area contributed by atoms with Gasteiger partial charge in [0, 0.05) is 10.7 Å². The van der Waals surface area contributed by atoms with E-state index in [4.69, 9.17) is 4.42 Å². The van der Waals surface area contributed by atoms with Crippen LogP contribution < -0.4 is 0 Å². The summed E-state index contributed by atoms with van der Waals surface area (Å²) in [6, 6.07) is 0. The summed E-state index contributed by atoms with van der Waals surface area (Å²) in [5.74, 6) is 0.704. The van der Waals surface area contributed by atoms with Crippen LogP contribution in [0.3, 0.4) is 0 Å². The molecule has 74 valence electrons. The summed E-state index contributed by atoms with van der Waals surface area (Å²) in [6.45, 7) is 10.4. The van der Waals surface area contributed by atoms with Crippen LogP contribution in [0.25, 0.3) is 0 Å². The maximum atomic E-state index is 5.50. The minimum atomic E-state index is -0.0528. The molecule has 4 heteroatoms. The van der Waals surface area contributed by atoms with Gasteiger partial charge in [-0.1, -0.05) is 46.4 Å². The number of aromatic nitrogens is 2. The molecule has 0 unspecified atom stereocenters. The third-order valence-corrected chi connectivity index (χ3v) is 2.22. The number of hydrogen-bond acceptors (Lipinski definition) is 4. The zero-order valence-corrected chi connectivity index (χ0v) is 9.60. The molecule has 0 aromatic carbocycles. The van der Waals surface area contributed by atoms with Crippen LogP contribution in [0.5, 0.6) is 0 Å². The van der Waals surface area contributed by atoms with Gasteiger partial charge in [-0.2, -0.15) is 0 Å². The van der Waals surface area contributed by atoms with Crippen LogP contribution in [-0.2, 0) is 5.41 Å². The monoisotopic (exact) mass is 200 g/mol. The van der Waals surface area contributed by atoms with Gasteiger partial charge in [0.2, 0.25) is 5.89 Å². The van der Waals surface area contributed by atoms with E-state index in [-0.39, 0.29) is 5.41 Å². The zero-order valence-electron chi connectivity index (χ0n) is 8.79. The van der Waals surface area contributed by atoms with E-state index in [0.717, 1.165) is 0 Å². The Morgan fingerprint density at radius 1 is 1.23 bits per heavy atom. The molecule has 1 heterocycles. The van der Waals surface area contributed by atoms with Gasteiger partial charge in [0.15, 0.2) is 0 Å². The van der Waals surface area contributed by atoms with Gasteiger partial charge in [0.05, 0.1) is 0 Å². The molecular formula is C9H16N2OS. The number of nitrogens with zero attached hydrogens (tertiary/aromatic N) is 2. The lowest BCUT2D eigenvalue weighted by Gasteiger charge is -2.10. The molecule has 0 fully saturated rings. The number of hydrogen-bond donors (Lipinski definition) is 0. The standard InChI is InChI=1S/C9H16N2OS/c1-6(2)13-8-11-10-7(12-8)9(3,4)5/h6H,1-5H3. The van der Waals surface area contributed by atoms with Crippen molar-refractivity contribution in [3.05, 3.63) is 5.89 Å². The minimum absolute atomic E-state index is 0.0528. The molecule has 0 aliphatic rings. The second kappa shape index (κ2) is 3.70. The van der Waals surface area contributed by atoms with Gasteiger partial charge in [-0.3, -0.25) is 0 Å². The third-order valence-electron chi connectivity index (χ3n) is 1.38. The molecule has 0 aliphatic heterocycles. The van der Waals surface area contributed by atoms with Crippen LogP contribution in [0, 0.1) is 0 Å². The average Bonchev–Trinajstić information content (AvgIpc) is 2.32. The van der Waals surface area contributed by atoms with Crippen LogP contribution in [0.4, 0.5) is 0 Å². The van der Waals surface area contributed by atoms with Crippen molar-refractivity contribution in [2.24, 2.45) is 0 Å². The average molecular weight is 200 g/mol. The largest absolute Gasteiger partial charge is 0.415 e. The Kier molecular flexibility index (Phi) is 3.01. The lowest BCUT2D eigenvalue weighted by Crippen LogP contribution is -2.11. The lowest BCUT2D eigenvalue weighted by molar-refractivity contribution is 0.347. The van der Waals surface area contributed by atoms with E-state index in [2.05, 4.69) is 44.8 Å². The van der Waals surface area contributed by atoms with E-state index in [1.807, 2.05) is 0 Å². The van der Waals surface area contributed by atoms with Crippen molar-refractivity contribution in [1.82, 2.24) is 10.2 Å². The van der Waals surface area contributed by atoms with E-state index < -0.39 is 0 Å². The Morgan fingerprint density at radius 2 is 1.85 bits per heavy atom. The van der Waals surface area contributed by atoms with E-state index in [1.54, 1.807) is 11.8 Å². The predicted molar refractivity (Wildman–Crippen MR) is 54.0 cm³/mol. The maximum absolute atomic E-state index is 5.50. The summed E-state index contributed by atoms with van der Waals surface area (Å²) in [7, 11) is 0. The summed E-state index contributed by atoms with van der Waals surface area (Å²) in [5.41, 5.74) is -0.0528. The molecular weight excluding hydrogens is 184 g/mol. The second-order valence-corrected chi connectivity index (χ2v) is 5.82. The minimum Gasteiger partial charge on any atom is -0.415 e. The second-order valence-electron chi connectivity index (χ2n) is 4.29. The van der Waals surface area contributed by atoms with E-state index >= 15 is 0 Å². The van der Waals surface area contributed by atoms with Crippen LogP contribution in [-0.4, -0.2) is 15.4 Å². The first-order chi connectivity index (χ1) is 5.89. The molecule has 0 atom stereocenters. The molecule has 0 bridgehead atoms. The molecule has 3 nitrogen and oxygen atoms in total. The van der Waals surface area contributed by atoms with Gasteiger partial charge in [-0.15, -0.1) is 10.2 Å². The van der Waals surface area contributed by atoms with Gasteiger partial charge in [-0.05, 0) is 0 Å². The van der Waals surface area contributed by atoms with Crippen LogP contribution in [0.1, 0.15) is 40.5 Å². The molecule has 0 saturated heterocycles. The molecule has 1 aromatic heterocycles. The van der Waals surface area contributed by atoms with Gasteiger partial charge >= 0.3 is 0 Å². The fourth-order valence-electron chi connectivity index (χ4n) is 0.762. The highest BCUT2D eigenvalue weighted by Crippen LogP contribution is 2.26. The topological polar surface area (TPSA) is 38.9 Å². The highest BCUT2D eigenvalue weighted by Gasteiger charge is 2.21. The maximum Gasteiger partial charge on any atom is 0.276 e. The molecule has 0 spiro atoms. The SMILES string of the molecule is CC(C)Sc1nnc(C(C)(C)C)o1. The summed E-state index contributed by atoms with van der Waals surface area (Å²) >= 11 is 1.60. The van der Waals surface area contributed by atoms with Crippen molar-refractivity contribution in [3.63, 3.8) is 0 Å². The van der Waals surface area contributed by atoms with Gasteiger partial charge in [0.25, 0.3) is 5.22 Å². The first-order valence-corrected chi connectivity index (χ1v) is 5.28. The van der Waals surface area contributed by atoms with Gasteiger partial charge in [-0.25, -0.2) is 0 Å². The molecule has 0 saturated carbocycles. The Balaban J connectivity index is 2.75. The fourth-order valence-corrected chi connectivity index (χ4v) is 1.38. The highest BCUT2D eigenvalue weighted by molar-refractivity contribution is 7.99. The fraction of sp³-hybridized carbons (Fsp3) is 0.778. The molecule has 1 aromatic rings. The zero-order chi connectivity index (χ0) is 10.1. The van der Waals surface area contributed by atoms with Crippen molar-refractivity contribution in [3.8, 4) is 0 Å². The highest BCUT2D eigenvalue weighted by atomic mass is 32.2. The van der Waals surface area contributed by atoms with E-state index in [0.29, 0.717) is 16.4 Å². The van der Waals surface area contributed by atoms with Crippen molar-refractivity contribution in [2.45, 2.75) is 50.5 Å². The Labute approximate surface area is 83.3 Å². The van der Waals surface area contributed by atoms with E-state index in [9.17, 15) is 0 Å². The number of rotatable bonds is 2. The first kappa shape index (κ1) is 10.6. The molecule has 13 heavy (non-hydrogen) atoms. The quantitative estimate of drug-likeness (QED) is 0.688. The Hall–Kier alpha value is -0.510. The summed E-state index contributed by atoms with van der Waals surface area (Å²) < 4.78 is 5.50. The van der Waals surface area contributed by atoms with E-state index in [1.165, 1.54) is 0 Å². The Morgan fingerprint density at radius 3 is 2.23 bits per heavy atom. The predicted octanol–water partition coefficient (Wildman–Crippen LogP) is 2.87. The van der Waals surface area contributed by atoms with Crippen molar-refractivity contribution in [1.29, 1.82) is 0 Å². The van der Waals surface area contributed by atoms with Crippen LogP contribution >= 0.6 is 11.8 Å². The molecule has 0 amide bonds. The lowest BCUT2D eigenvalue weighted by atomic mass is 9.97. The summed E-state index contributed by atoms with van der Waals surface area (Å²) in [4.78, 5) is 0. The molecule has 0 N–H and O–H groups in total. The smallest absolute Gasteiger partial charge is 0.276 e. The first-order valence-electron chi connectivity index (χ1n) is 4.40. The van der Waals surface area contributed by atoms with Crippen molar-refractivity contribution < 1.29 is 4.42 Å². The van der Waals surface area contributed by atoms with Gasteiger partial charge in [0.1, 0.15) is 0 Å². The summed E-state index contributed by atoms with van der Waals surface area (Å²) in [6.07, 6.45) is 0. The third kappa shape index (κ3) is 3.03. The van der Waals surface area contributed by atoms with Crippen LogP contribution in [0.15, 0.2) is 9.64 Å². The summed E-state index contributed by atoms with van der Waals surface area (Å²) in [5, 5.41) is 9.12. The molecule has 0 aliphatic carbocycles. The normalized spacial score (nSPS) is 12.5. The van der Waals surface area contributed by atoms with Crippen molar-refractivity contribution >= 4 is 11.8 Å². The van der Waals surface area contributed by atoms with Crippen molar-refractivity contribution in [2.75, 3.05) is 0 Å². The van der Waals surface area contributed by atoms with Gasteiger partial charge < -0.3 is 4.42 Å². The Bertz CT molecular complexity index is 275. The molecule has 0 radical (unpaired) electrons. The molecule has 1 rings (SSSR count). The van der Waals surface area contributed by atoms with Crippen LogP contribution in [0.2, 0.25) is 0 Å².